The molecule has 2 N–H and O–H groups in total. The molecule has 0 bridgehead atoms. The van der Waals surface area contributed by atoms with Crippen molar-refractivity contribution >= 4 is 34.5 Å². The van der Waals surface area contributed by atoms with Crippen molar-refractivity contribution in [1.82, 2.24) is 24.3 Å². The van der Waals surface area contributed by atoms with Gasteiger partial charge in [-0.25, -0.2) is 9.97 Å². The standard InChI is InChI=1S/C23H27N7O2/c1-14(31)25-20-12-16(9-10-24-20)32-15-7-8-17-18(11-15)29(5)22(26-17)27-21-13-19(23(2,3)4)30(6)28-21/h7-13H,1-6H3,(H,24,25,31)(H,26,27,28). The highest BCUT2D eigenvalue weighted by molar-refractivity contribution is 5.87. The van der Waals surface area contributed by atoms with Crippen LogP contribution in [0.15, 0.2) is 42.6 Å². The largest absolute Gasteiger partial charge is 0.457 e. The van der Waals surface area contributed by atoms with E-state index < -0.39 is 0 Å². The Morgan fingerprint density at radius 3 is 2.47 bits per heavy atom. The summed E-state index contributed by atoms with van der Waals surface area (Å²) < 4.78 is 9.83. The monoisotopic (exact) mass is 433 g/mol. The van der Waals surface area contributed by atoms with Crippen LogP contribution >= 0.6 is 0 Å². The number of carbonyl (C=O) groups excluding carboxylic acids is 1. The van der Waals surface area contributed by atoms with Crippen molar-refractivity contribution in [1.29, 1.82) is 0 Å². The lowest BCUT2D eigenvalue weighted by Crippen LogP contribution is -2.16. The Balaban J connectivity index is 1.59. The summed E-state index contributed by atoms with van der Waals surface area (Å²) in [6.07, 6.45) is 1.59. The average molecular weight is 434 g/mol. The number of rotatable bonds is 5. The fourth-order valence-corrected chi connectivity index (χ4v) is 3.55. The van der Waals surface area contributed by atoms with Gasteiger partial charge in [-0.1, -0.05) is 20.8 Å². The first-order chi connectivity index (χ1) is 15.1. The van der Waals surface area contributed by atoms with Crippen molar-refractivity contribution < 1.29 is 9.53 Å². The number of nitrogens with one attached hydrogen (secondary N) is 2. The number of hydrogen-bond donors (Lipinski definition) is 2. The Hall–Kier alpha value is -3.88. The molecule has 1 aromatic carbocycles. The Morgan fingerprint density at radius 2 is 1.78 bits per heavy atom. The Bertz CT molecular complexity index is 1300. The van der Waals surface area contributed by atoms with Crippen LogP contribution in [0.2, 0.25) is 0 Å². The van der Waals surface area contributed by atoms with E-state index in [9.17, 15) is 4.79 Å². The van der Waals surface area contributed by atoms with E-state index in [0.29, 0.717) is 23.3 Å². The SMILES string of the molecule is CC(=O)Nc1cc(Oc2ccc3nc(Nc4cc(C(C)(C)C)n(C)n4)n(C)c3c2)ccn1. The first-order valence-corrected chi connectivity index (χ1v) is 10.3. The summed E-state index contributed by atoms with van der Waals surface area (Å²) in [6, 6.07) is 11.1. The van der Waals surface area contributed by atoms with Crippen molar-refractivity contribution in [3.8, 4) is 11.5 Å². The lowest BCUT2D eigenvalue weighted by atomic mass is 9.92. The minimum atomic E-state index is -0.187. The Kier molecular flexibility index (Phi) is 5.33. The summed E-state index contributed by atoms with van der Waals surface area (Å²) in [5.41, 5.74) is 2.87. The topological polar surface area (TPSA) is 98.9 Å². The number of imidazole rings is 1. The van der Waals surface area contributed by atoms with Crippen molar-refractivity contribution in [2.45, 2.75) is 33.1 Å². The summed E-state index contributed by atoms with van der Waals surface area (Å²) in [6.45, 7) is 7.91. The van der Waals surface area contributed by atoms with Gasteiger partial charge in [0.15, 0.2) is 5.82 Å². The number of amides is 1. The number of aromatic nitrogens is 5. The third-order valence-corrected chi connectivity index (χ3v) is 5.01. The van der Waals surface area contributed by atoms with Gasteiger partial charge in [-0.2, -0.15) is 5.10 Å². The van der Waals surface area contributed by atoms with Crippen LogP contribution in [-0.2, 0) is 24.3 Å². The third-order valence-electron chi connectivity index (χ3n) is 5.01. The van der Waals surface area contributed by atoms with Crippen molar-refractivity contribution in [3.05, 3.63) is 48.3 Å². The zero-order valence-electron chi connectivity index (χ0n) is 19.1. The smallest absolute Gasteiger partial charge is 0.222 e. The highest BCUT2D eigenvalue weighted by Gasteiger charge is 2.20. The van der Waals surface area contributed by atoms with Crippen LogP contribution in [0.4, 0.5) is 17.6 Å². The molecule has 9 nitrogen and oxygen atoms in total. The minimum absolute atomic E-state index is 0.00691. The predicted octanol–water partition coefficient (Wildman–Crippen LogP) is 4.49. The van der Waals surface area contributed by atoms with Gasteiger partial charge in [-0.3, -0.25) is 9.48 Å². The van der Waals surface area contributed by atoms with Crippen molar-refractivity contribution in [2.24, 2.45) is 14.1 Å². The lowest BCUT2D eigenvalue weighted by Gasteiger charge is -2.17. The van der Waals surface area contributed by atoms with Crippen LogP contribution in [0.5, 0.6) is 11.5 Å². The number of ether oxygens (including phenoxy) is 1. The molecule has 1 amide bonds. The van der Waals surface area contributed by atoms with Crippen LogP contribution in [-0.4, -0.2) is 30.2 Å². The molecule has 0 spiro atoms. The molecule has 0 saturated carbocycles. The van der Waals surface area contributed by atoms with Gasteiger partial charge in [0, 0.05) is 56.5 Å². The molecule has 3 aromatic heterocycles. The van der Waals surface area contributed by atoms with E-state index in [-0.39, 0.29) is 11.3 Å². The number of hydrogen-bond acceptors (Lipinski definition) is 6. The summed E-state index contributed by atoms with van der Waals surface area (Å²) in [5, 5.41) is 10.5. The van der Waals surface area contributed by atoms with Gasteiger partial charge >= 0.3 is 0 Å². The fourth-order valence-electron chi connectivity index (χ4n) is 3.55. The van der Waals surface area contributed by atoms with Gasteiger partial charge < -0.3 is 19.9 Å². The second-order valence-electron chi connectivity index (χ2n) is 8.72. The Labute approximate surface area is 186 Å². The van der Waals surface area contributed by atoms with Gasteiger partial charge in [-0.05, 0) is 18.2 Å². The normalized spacial score (nSPS) is 11.6. The van der Waals surface area contributed by atoms with E-state index >= 15 is 0 Å². The first kappa shape index (κ1) is 21.4. The molecule has 0 radical (unpaired) electrons. The molecule has 3 heterocycles. The molecule has 32 heavy (non-hydrogen) atoms. The quantitative estimate of drug-likeness (QED) is 0.481. The van der Waals surface area contributed by atoms with Gasteiger partial charge in [0.05, 0.1) is 11.0 Å². The molecule has 0 aliphatic carbocycles. The van der Waals surface area contributed by atoms with Crippen molar-refractivity contribution in [2.75, 3.05) is 10.6 Å². The van der Waals surface area contributed by atoms with Crippen LogP contribution in [0.1, 0.15) is 33.4 Å². The summed E-state index contributed by atoms with van der Waals surface area (Å²) in [4.78, 5) is 20.1. The van der Waals surface area contributed by atoms with Crippen LogP contribution < -0.4 is 15.4 Å². The van der Waals surface area contributed by atoms with E-state index in [1.54, 1.807) is 18.3 Å². The van der Waals surface area contributed by atoms with Gasteiger partial charge in [0.25, 0.3) is 0 Å². The molecule has 166 valence electrons. The zero-order valence-corrected chi connectivity index (χ0v) is 19.1. The maximum absolute atomic E-state index is 11.3. The molecule has 0 saturated heterocycles. The van der Waals surface area contributed by atoms with E-state index in [2.05, 4.69) is 41.5 Å². The molecule has 0 unspecified atom stereocenters. The molecular formula is C23H27N7O2. The summed E-state index contributed by atoms with van der Waals surface area (Å²) >= 11 is 0. The number of benzene rings is 1. The zero-order chi connectivity index (χ0) is 23.0. The number of anilines is 3. The van der Waals surface area contributed by atoms with Crippen molar-refractivity contribution in [3.63, 3.8) is 0 Å². The second kappa shape index (κ2) is 7.99. The van der Waals surface area contributed by atoms with Crippen LogP contribution in [0, 0.1) is 0 Å². The number of aryl methyl sites for hydroxylation is 2. The number of nitrogens with zero attached hydrogens (tertiary/aromatic N) is 5. The maximum atomic E-state index is 11.3. The molecule has 9 heteroatoms. The average Bonchev–Trinajstić information content (AvgIpc) is 3.22. The molecule has 0 aliphatic heterocycles. The minimum Gasteiger partial charge on any atom is -0.457 e. The molecular weight excluding hydrogens is 406 g/mol. The predicted molar refractivity (Wildman–Crippen MR) is 125 cm³/mol. The van der Waals surface area contributed by atoms with E-state index in [4.69, 9.17) is 9.72 Å². The highest BCUT2D eigenvalue weighted by Crippen LogP contribution is 2.30. The molecule has 0 atom stereocenters. The molecule has 4 aromatic rings. The van der Waals surface area contributed by atoms with E-state index in [1.165, 1.54) is 6.92 Å². The molecule has 0 fully saturated rings. The number of fused-ring (bicyclic) bond motifs is 1. The van der Waals surface area contributed by atoms with Gasteiger partial charge in [-0.15, -0.1) is 0 Å². The third kappa shape index (κ3) is 4.41. The maximum Gasteiger partial charge on any atom is 0.222 e. The highest BCUT2D eigenvalue weighted by atomic mass is 16.5. The van der Waals surface area contributed by atoms with E-state index in [1.807, 2.05) is 47.6 Å². The summed E-state index contributed by atoms with van der Waals surface area (Å²) in [5.74, 6) is 2.91. The second-order valence-corrected chi connectivity index (χ2v) is 8.72. The van der Waals surface area contributed by atoms with Gasteiger partial charge in [0.2, 0.25) is 11.9 Å². The van der Waals surface area contributed by atoms with E-state index in [0.717, 1.165) is 22.5 Å². The summed E-state index contributed by atoms with van der Waals surface area (Å²) in [7, 11) is 3.89. The molecule has 4 rings (SSSR count). The Morgan fingerprint density at radius 1 is 1.03 bits per heavy atom. The fraction of sp³-hybridized carbons (Fsp3) is 0.304. The lowest BCUT2D eigenvalue weighted by molar-refractivity contribution is -0.114. The first-order valence-electron chi connectivity index (χ1n) is 10.3. The van der Waals surface area contributed by atoms with Gasteiger partial charge in [0.1, 0.15) is 17.3 Å². The number of pyridine rings is 1. The van der Waals surface area contributed by atoms with Crippen LogP contribution in [0.3, 0.4) is 0 Å². The number of carbonyl (C=O) groups is 1. The molecule has 0 aliphatic rings. The van der Waals surface area contributed by atoms with Crippen LogP contribution in [0.25, 0.3) is 11.0 Å².